The summed E-state index contributed by atoms with van der Waals surface area (Å²) in [5.41, 5.74) is 1.07. The molecule has 1 aromatic heterocycles. The van der Waals surface area contributed by atoms with Crippen molar-refractivity contribution in [1.82, 2.24) is 14.8 Å². The van der Waals surface area contributed by atoms with Crippen LogP contribution in [0.2, 0.25) is 0 Å². The molecule has 0 aliphatic rings. The van der Waals surface area contributed by atoms with Gasteiger partial charge in [0.2, 0.25) is 5.91 Å². The topological polar surface area (TPSA) is 54.3 Å². The van der Waals surface area contributed by atoms with E-state index in [1.807, 2.05) is 32.3 Å². The van der Waals surface area contributed by atoms with E-state index in [1.54, 1.807) is 18.3 Å². The summed E-state index contributed by atoms with van der Waals surface area (Å²) >= 11 is 0. The Bertz CT molecular complexity index is 680. The summed E-state index contributed by atoms with van der Waals surface area (Å²) in [4.78, 5) is 25.8. The molecule has 0 bridgehead atoms. The summed E-state index contributed by atoms with van der Waals surface area (Å²) < 4.78 is 1.40. The average Bonchev–Trinajstić information content (AvgIpc) is 2.54. The highest BCUT2D eigenvalue weighted by molar-refractivity contribution is 5.75. The number of aromatic nitrogens is 1. The molecule has 122 valence electrons. The number of nitrogens with zero attached hydrogens (tertiary/aromatic N) is 2. The van der Waals surface area contributed by atoms with Crippen LogP contribution < -0.4 is 10.9 Å². The number of rotatable bonds is 7. The Balaban J connectivity index is 1.90. The van der Waals surface area contributed by atoms with E-state index >= 15 is 0 Å². The van der Waals surface area contributed by atoms with Crippen LogP contribution in [0.4, 0.5) is 0 Å². The van der Waals surface area contributed by atoms with Gasteiger partial charge in [0.05, 0.1) is 0 Å². The molecule has 0 saturated heterocycles. The molecule has 1 aromatic carbocycles. The molecule has 1 atom stereocenters. The van der Waals surface area contributed by atoms with Crippen LogP contribution in [-0.4, -0.2) is 42.1 Å². The molecular formula is C18H23N3O2. The third kappa shape index (κ3) is 5.38. The maximum absolute atomic E-state index is 12.1. The highest BCUT2D eigenvalue weighted by atomic mass is 16.2. The first-order chi connectivity index (χ1) is 11.1. The lowest BCUT2D eigenvalue weighted by molar-refractivity contribution is -0.121. The van der Waals surface area contributed by atoms with Crippen LogP contribution in [0.1, 0.15) is 5.56 Å². The number of hydrogen-bond donors (Lipinski definition) is 1. The lowest BCUT2D eigenvalue weighted by atomic mass is 10.1. The smallest absolute Gasteiger partial charge is 0.250 e. The minimum absolute atomic E-state index is 0.0468. The van der Waals surface area contributed by atoms with Crippen molar-refractivity contribution < 1.29 is 4.79 Å². The zero-order valence-corrected chi connectivity index (χ0v) is 13.6. The van der Waals surface area contributed by atoms with E-state index < -0.39 is 0 Å². The number of carbonyl (C=O) groups excluding carboxylic acids is 1. The molecule has 1 N–H and O–H groups in total. The second kappa shape index (κ2) is 8.29. The molecule has 0 aliphatic heterocycles. The van der Waals surface area contributed by atoms with Gasteiger partial charge in [0.1, 0.15) is 6.54 Å². The van der Waals surface area contributed by atoms with Gasteiger partial charge in [-0.15, -0.1) is 0 Å². The van der Waals surface area contributed by atoms with Gasteiger partial charge in [-0.2, -0.15) is 0 Å². The van der Waals surface area contributed by atoms with E-state index in [9.17, 15) is 9.59 Å². The minimum atomic E-state index is -0.170. The predicted molar refractivity (Wildman–Crippen MR) is 91.3 cm³/mol. The van der Waals surface area contributed by atoms with E-state index in [4.69, 9.17) is 0 Å². The van der Waals surface area contributed by atoms with Gasteiger partial charge in [0.25, 0.3) is 5.56 Å². The molecule has 0 radical (unpaired) electrons. The number of benzene rings is 1. The molecule has 0 aliphatic carbocycles. The van der Waals surface area contributed by atoms with Gasteiger partial charge in [-0.05, 0) is 32.1 Å². The molecular weight excluding hydrogens is 290 g/mol. The van der Waals surface area contributed by atoms with Crippen molar-refractivity contribution in [3.63, 3.8) is 0 Å². The number of nitrogens with one attached hydrogen (secondary N) is 1. The molecule has 0 saturated carbocycles. The second-order valence-electron chi connectivity index (χ2n) is 5.78. The number of carbonyl (C=O) groups is 1. The van der Waals surface area contributed by atoms with Crippen LogP contribution in [-0.2, 0) is 17.8 Å². The molecule has 0 fully saturated rings. The fourth-order valence-corrected chi connectivity index (χ4v) is 2.36. The lowest BCUT2D eigenvalue weighted by Gasteiger charge is -2.25. The highest BCUT2D eigenvalue weighted by Crippen LogP contribution is 2.06. The van der Waals surface area contributed by atoms with Crippen molar-refractivity contribution in [1.29, 1.82) is 0 Å². The Kier molecular flexibility index (Phi) is 6.11. The number of amides is 1. The number of pyridine rings is 1. The Morgan fingerprint density at radius 2 is 1.83 bits per heavy atom. The summed E-state index contributed by atoms with van der Waals surface area (Å²) in [6.07, 6.45) is 2.48. The fourth-order valence-electron chi connectivity index (χ4n) is 2.36. The quantitative estimate of drug-likeness (QED) is 0.834. The van der Waals surface area contributed by atoms with Gasteiger partial charge >= 0.3 is 0 Å². The van der Waals surface area contributed by atoms with E-state index in [1.165, 1.54) is 16.2 Å². The standard InChI is InChI=1S/C18H23N3O2/c1-20(2)16(12-15-8-4-3-5-9-15)13-19-17(22)14-21-11-7-6-10-18(21)23/h3-11,16H,12-14H2,1-2H3,(H,19,22). The van der Waals surface area contributed by atoms with Crippen molar-refractivity contribution in [2.24, 2.45) is 0 Å². The Morgan fingerprint density at radius 3 is 2.48 bits per heavy atom. The summed E-state index contributed by atoms with van der Waals surface area (Å²) in [7, 11) is 4.00. The van der Waals surface area contributed by atoms with Crippen LogP contribution in [0.25, 0.3) is 0 Å². The zero-order chi connectivity index (χ0) is 16.7. The summed E-state index contributed by atoms with van der Waals surface area (Å²) in [6.45, 7) is 0.591. The van der Waals surface area contributed by atoms with Crippen LogP contribution in [0.3, 0.4) is 0 Å². The molecule has 2 aromatic rings. The van der Waals surface area contributed by atoms with Crippen LogP contribution in [0, 0.1) is 0 Å². The van der Waals surface area contributed by atoms with E-state index in [0.717, 1.165) is 6.42 Å². The van der Waals surface area contributed by atoms with Gasteiger partial charge in [0, 0.05) is 24.8 Å². The fraction of sp³-hybridized carbons (Fsp3) is 0.333. The molecule has 5 heteroatoms. The van der Waals surface area contributed by atoms with Crippen molar-refractivity contribution in [3.8, 4) is 0 Å². The molecule has 1 amide bonds. The van der Waals surface area contributed by atoms with Gasteiger partial charge < -0.3 is 14.8 Å². The maximum atomic E-state index is 12.1. The average molecular weight is 313 g/mol. The normalized spacial score (nSPS) is 12.1. The summed E-state index contributed by atoms with van der Waals surface area (Å²) in [6, 6.07) is 15.3. The monoisotopic (exact) mass is 313 g/mol. The Hall–Kier alpha value is -2.40. The van der Waals surface area contributed by atoms with Crippen molar-refractivity contribution in [3.05, 3.63) is 70.6 Å². The van der Waals surface area contributed by atoms with Crippen molar-refractivity contribution >= 4 is 5.91 Å². The highest BCUT2D eigenvalue weighted by Gasteiger charge is 2.14. The first-order valence-corrected chi connectivity index (χ1v) is 7.69. The SMILES string of the molecule is CN(C)C(CNC(=O)Cn1ccccc1=O)Cc1ccccc1. The number of hydrogen-bond acceptors (Lipinski definition) is 3. The second-order valence-corrected chi connectivity index (χ2v) is 5.78. The lowest BCUT2D eigenvalue weighted by Crippen LogP contribution is -2.43. The molecule has 0 spiro atoms. The molecule has 1 heterocycles. The molecule has 5 nitrogen and oxygen atoms in total. The van der Waals surface area contributed by atoms with Crippen molar-refractivity contribution in [2.45, 2.75) is 19.0 Å². The van der Waals surface area contributed by atoms with Gasteiger partial charge in [0.15, 0.2) is 0 Å². The van der Waals surface area contributed by atoms with E-state index in [2.05, 4.69) is 22.3 Å². The number of likely N-dealkylation sites (N-methyl/N-ethyl adjacent to an activating group) is 1. The predicted octanol–water partition coefficient (Wildman–Crippen LogP) is 1.14. The Labute approximate surface area is 136 Å². The first kappa shape index (κ1) is 17.0. The summed E-state index contributed by atoms with van der Waals surface area (Å²) in [5.74, 6) is -0.154. The molecule has 1 unspecified atom stereocenters. The van der Waals surface area contributed by atoms with E-state index in [0.29, 0.717) is 6.54 Å². The van der Waals surface area contributed by atoms with Crippen molar-refractivity contribution in [2.75, 3.05) is 20.6 Å². The van der Waals surface area contributed by atoms with Gasteiger partial charge in [-0.3, -0.25) is 9.59 Å². The largest absolute Gasteiger partial charge is 0.353 e. The van der Waals surface area contributed by atoms with E-state index in [-0.39, 0.29) is 24.1 Å². The third-order valence-corrected chi connectivity index (χ3v) is 3.79. The molecule has 23 heavy (non-hydrogen) atoms. The Morgan fingerprint density at radius 1 is 1.13 bits per heavy atom. The third-order valence-electron chi connectivity index (χ3n) is 3.79. The van der Waals surface area contributed by atoms with Crippen LogP contribution >= 0.6 is 0 Å². The maximum Gasteiger partial charge on any atom is 0.250 e. The van der Waals surface area contributed by atoms with Gasteiger partial charge in [-0.25, -0.2) is 0 Å². The van der Waals surface area contributed by atoms with Crippen LogP contribution in [0.5, 0.6) is 0 Å². The minimum Gasteiger partial charge on any atom is -0.353 e. The molecule has 2 rings (SSSR count). The van der Waals surface area contributed by atoms with Gasteiger partial charge in [-0.1, -0.05) is 36.4 Å². The van der Waals surface area contributed by atoms with Crippen LogP contribution in [0.15, 0.2) is 59.5 Å². The zero-order valence-electron chi connectivity index (χ0n) is 13.6. The summed E-state index contributed by atoms with van der Waals surface area (Å²) in [5, 5.41) is 2.92. The first-order valence-electron chi connectivity index (χ1n) is 7.69.